The Morgan fingerprint density at radius 1 is 0.929 bits per heavy atom. The van der Waals surface area contributed by atoms with Crippen molar-refractivity contribution in [2.45, 2.75) is 6.54 Å². The van der Waals surface area contributed by atoms with E-state index in [0.717, 1.165) is 27.8 Å². The van der Waals surface area contributed by atoms with Crippen LogP contribution < -0.4 is 15.8 Å². The molecule has 5 heteroatoms. The van der Waals surface area contributed by atoms with E-state index in [1.54, 1.807) is 18.3 Å². The minimum absolute atomic E-state index is 0.221. The summed E-state index contributed by atoms with van der Waals surface area (Å²) in [7, 11) is 0. The minimum atomic E-state index is -0.248. The average molecular weight is 369 g/mol. The van der Waals surface area contributed by atoms with Crippen LogP contribution in [0.25, 0.3) is 10.8 Å². The van der Waals surface area contributed by atoms with Crippen LogP contribution in [-0.2, 0) is 6.54 Å². The monoisotopic (exact) mass is 369 g/mol. The van der Waals surface area contributed by atoms with E-state index in [2.05, 4.69) is 22.4 Å². The second kappa shape index (κ2) is 7.80. The maximum absolute atomic E-state index is 12.2. The average Bonchev–Trinajstić information content (AvgIpc) is 2.74. The van der Waals surface area contributed by atoms with Crippen LogP contribution in [0.1, 0.15) is 15.9 Å². The highest BCUT2D eigenvalue weighted by molar-refractivity contribution is 5.98. The van der Waals surface area contributed by atoms with Crippen molar-refractivity contribution in [3.63, 3.8) is 0 Å². The van der Waals surface area contributed by atoms with Crippen molar-refractivity contribution in [1.82, 2.24) is 10.3 Å². The summed E-state index contributed by atoms with van der Waals surface area (Å²) in [5.41, 5.74) is 7.07. The third-order valence-corrected chi connectivity index (χ3v) is 4.44. The molecule has 0 radical (unpaired) electrons. The molecule has 4 rings (SSSR count). The van der Waals surface area contributed by atoms with Crippen LogP contribution in [0, 0.1) is 0 Å². The molecule has 3 N–H and O–H groups in total. The molecule has 0 fully saturated rings. The Labute approximate surface area is 162 Å². The molecule has 0 saturated carbocycles. The van der Waals surface area contributed by atoms with Crippen LogP contribution in [0.5, 0.6) is 11.5 Å². The minimum Gasteiger partial charge on any atom is -0.457 e. The molecule has 1 aromatic heterocycles. The molecule has 0 spiro atoms. The van der Waals surface area contributed by atoms with Gasteiger partial charge in [-0.15, -0.1) is 0 Å². The van der Waals surface area contributed by atoms with Crippen molar-refractivity contribution in [2.75, 3.05) is 5.73 Å². The molecule has 0 aliphatic carbocycles. The summed E-state index contributed by atoms with van der Waals surface area (Å²) in [5.74, 6) is 1.52. The van der Waals surface area contributed by atoms with Gasteiger partial charge in [-0.1, -0.05) is 48.5 Å². The van der Waals surface area contributed by atoms with Crippen molar-refractivity contribution in [1.29, 1.82) is 0 Å². The molecule has 0 aliphatic rings. The molecule has 1 heterocycles. The van der Waals surface area contributed by atoms with Crippen molar-refractivity contribution >= 4 is 22.5 Å². The molecule has 0 unspecified atom stereocenters. The molecule has 5 nitrogen and oxygen atoms in total. The second-order valence-corrected chi connectivity index (χ2v) is 6.34. The zero-order valence-corrected chi connectivity index (χ0v) is 15.1. The van der Waals surface area contributed by atoms with E-state index in [-0.39, 0.29) is 11.7 Å². The van der Waals surface area contributed by atoms with Crippen LogP contribution in [0.2, 0.25) is 0 Å². The summed E-state index contributed by atoms with van der Waals surface area (Å²) in [5, 5.41) is 5.05. The number of ether oxygens (including phenoxy) is 1. The van der Waals surface area contributed by atoms with E-state index in [1.165, 1.54) is 0 Å². The van der Waals surface area contributed by atoms with Crippen molar-refractivity contribution in [3.05, 3.63) is 96.2 Å². The molecule has 3 aromatic carbocycles. The summed E-state index contributed by atoms with van der Waals surface area (Å²) < 4.78 is 6.05. The molecule has 138 valence electrons. The zero-order chi connectivity index (χ0) is 19.3. The van der Waals surface area contributed by atoms with Crippen molar-refractivity contribution in [3.8, 4) is 11.5 Å². The summed E-state index contributed by atoms with van der Waals surface area (Å²) in [6.45, 7) is 0.391. The highest BCUT2D eigenvalue weighted by atomic mass is 16.5. The Balaban J connectivity index is 1.43. The van der Waals surface area contributed by atoms with Gasteiger partial charge in [0.2, 0.25) is 0 Å². The molecular weight excluding hydrogens is 350 g/mol. The number of carbonyl (C=O) groups is 1. The molecule has 0 atom stereocenters. The third-order valence-electron chi connectivity index (χ3n) is 4.44. The SMILES string of the molecule is Nc1ncccc1C(=O)NCc1ccc(Oc2cccc3ccccc23)cc1. The van der Waals surface area contributed by atoms with Gasteiger partial charge in [0.1, 0.15) is 17.3 Å². The summed E-state index contributed by atoms with van der Waals surface area (Å²) in [6.07, 6.45) is 1.56. The number of benzene rings is 3. The molecule has 0 aliphatic heterocycles. The normalized spacial score (nSPS) is 10.6. The number of nitrogens with zero attached hydrogens (tertiary/aromatic N) is 1. The predicted molar refractivity (Wildman–Crippen MR) is 110 cm³/mol. The van der Waals surface area contributed by atoms with E-state index >= 15 is 0 Å². The van der Waals surface area contributed by atoms with Crippen LogP contribution in [0.4, 0.5) is 5.82 Å². The fourth-order valence-corrected chi connectivity index (χ4v) is 2.97. The van der Waals surface area contributed by atoms with Gasteiger partial charge in [-0.2, -0.15) is 0 Å². The van der Waals surface area contributed by atoms with Gasteiger partial charge >= 0.3 is 0 Å². The first kappa shape index (κ1) is 17.5. The number of nitrogen functional groups attached to an aromatic ring is 1. The van der Waals surface area contributed by atoms with Crippen LogP contribution in [0.15, 0.2) is 85.1 Å². The summed E-state index contributed by atoms with van der Waals surface area (Å²) in [6, 6.07) is 25.1. The number of carbonyl (C=O) groups excluding carboxylic acids is 1. The number of aromatic nitrogens is 1. The van der Waals surface area contributed by atoms with Gasteiger partial charge in [-0.25, -0.2) is 4.98 Å². The number of nitrogens with one attached hydrogen (secondary N) is 1. The quantitative estimate of drug-likeness (QED) is 0.541. The van der Waals surface area contributed by atoms with Crippen LogP contribution in [0.3, 0.4) is 0 Å². The lowest BCUT2D eigenvalue weighted by Crippen LogP contribution is -2.24. The number of anilines is 1. The maximum atomic E-state index is 12.2. The predicted octanol–water partition coefficient (Wildman–Crippen LogP) is 4.54. The van der Waals surface area contributed by atoms with Crippen molar-refractivity contribution < 1.29 is 9.53 Å². The number of fused-ring (bicyclic) bond motifs is 1. The highest BCUT2D eigenvalue weighted by Crippen LogP contribution is 2.29. The lowest BCUT2D eigenvalue weighted by atomic mass is 10.1. The fourth-order valence-electron chi connectivity index (χ4n) is 2.97. The fraction of sp³-hybridized carbons (Fsp3) is 0.0435. The number of pyridine rings is 1. The smallest absolute Gasteiger partial charge is 0.255 e. The number of amides is 1. The lowest BCUT2D eigenvalue weighted by Gasteiger charge is -2.10. The maximum Gasteiger partial charge on any atom is 0.255 e. The summed E-state index contributed by atoms with van der Waals surface area (Å²) in [4.78, 5) is 16.1. The second-order valence-electron chi connectivity index (χ2n) is 6.34. The Morgan fingerprint density at radius 2 is 1.71 bits per heavy atom. The first-order chi connectivity index (χ1) is 13.7. The van der Waals surface area contributed by atoms with Gasteiger partial charge in [-0.05, 0) is 41.3 Å². The highest BCUT2D eigenvalue weighted by Gasteiger charge is 2.09. The van der Waals surface area contributed by atoms with E-state index in [9.17, 15) is 4.79 Å². The van der Waals surface area contributed by atoms with Gasteiger partial charge in [0.05, 0.1) is 5.56 Å². The van der Waals surface area contributed by atoms with Gasteiger partial charge in [-0.3, -0.25) is 4.79 Å². The lowest BCUT2D eigenvalue weighted by molar-refractivity contribution is 0.0951. The zero-order valence-electron chi connectivity index (χ0n) is 15.1. The third kappa shape index (κ3) is 3.78. The first-order valence-corrected chi connectivity index (χ1v) is 8.94. The van der Waals surface area contributed by atoms with E-state index in [1.807, 2.05) is 54.6 Å². The Kier molecular flexibility index (Phi) is 4.89. The Hall–Kier alpha value is -3.86. The summed E-state index contributed by atoms with van der Waals surface area (Å²) >= 11 is 0. The first-order valence-electron chi connectivity index (χ1n) is 8.94. The molecule has 0 saturated heterocycles. The van der Waals surface area contributed by atoms with E-state index in [4.69, 9.17) is 10.5 Å². The molecular formula is C23H19N3O2. The van der Waals surface area contributed by atoms with Crippen LogP contribution >= 0.6 is 0 Å². The van der Waals surface area contributed by atoms with E-state index in [0.29, 0.717) is 12.1 Å². The number of hydrogen-bond donors (Lipinski definition) is 2. The van der Waals surface area contributed by atoms with Crippen LogP contribution in [-0.4, -0.2) is 10.9 Å². The molecule has 28 heavy (non-hydrogen) atoms. The largest absolute Gasteiger partial charge is 0.457 e. The Bertz CT molecular complexity index is 1120. The molecule has 0 bridgehead atoms. The standard InChI is InChI=1S/C23H19N3O2/c24-22-20(8-4-14-25-22)23(27)26-15-16-10-12-18(13-11-16)28-21-9-3-6-17-5-1-2-7-19(17)21/h1-14H,15H2,(H2,24,25)(H,26,27). The number of rotatable bonds is 5. The van der Waals surface area contributed by atoms with Gasteiger partial charge < -0.3 is 15.8 Å². The molecule has 4 aromatic rings. The topological polar surface area (TPSA) is 77.2 Å². The van der Waals surface area contributed by atoms with E-state index < -0.39 is 0 Å². The van der Waals surface area contributed by atoms with Gasteiger partial charge in [0, 0.05) is 18.1 Å². The Morgan fingerprint density at radius 3 is 2.54 bits per heavy atom. The van der Waals surface area contributed by atoms with Gasteiger partial charge in [0.15, 0.2) is 0 Å². The van der Waals surface area contributed by atoms with Crippen molar-refractivity contribution in [2.24, 2.45) is 0 Å². The molecule has 1 amide bonds. The number of nitrogens with two attached hydrogens (primary N) is 1. The number of hydrogen-bond acceptors (Lipinski definition) is 4. The van der Waals surface area contributed by atoms with Gasteiger partial charge in [0.25, 0.3) is 5.91 Å².